The molecule has 3 aromatic rings. The standard InChI is InChI=1S/C25H27N3O4/c1-3-32-24(30)21-16-27(13-12-19(21)18-10-8-17(2)9-11-18)14-15-28-23(29)20-6-4-5-7-22(20)26-25(28)31/h4-11H,3,12-16H2,1-2H3,(H,26,31). The van der Waals surface area contributed by atoms with E-state index in [-0.39, 0.29) is 18.1 Å². The topological polar surface area (TPSA) is 84.4 Å². The summed E-state index contributed by atoms with van der Waals surface area (Å²) >= 11 is 0. The molecule has 0 atom stereocenters. The first-order chi connectivity index (χ1) is 15.5. The molecule has 2 heterocycles. The van der Waals surface area contributed by atoms with Crippen LogP contribution in [0, 0.1) is 6.92 Å². The lowest BCUT2D eigenvalue weighted by molar-refractivity contribution is -0.138. The molecule has 1 aliphatic rings. The minimum Gasteiger partial charge on any atom is -0.463 e. The second-order valence-electron chi connectivity index (χ2n) is 8.00. The Morgan fingerprint density at radius 1 is 1.06 bits per heavy atom. The number of nitrogens with zero attached hydrogens (tertiary/aromatic N) is 2. The summed E-state index contributed by atoms with van der Waals surface area (Å²) in [6.45, 7) is 6.01. The zero-order valence-corrected chi connectivity index (χ0v) is 18.4. The van der Waals surface area contributed by atoms with Gasteiger partial charge in [0.05, 0.1) is 23.1 Å². The maximum absolute atomic E-state index is 12.8. The Balaban J connectivity index is 1.57. The highest BCUT2D eigenvalue weighted by Crippen LogP contribution is 2.28. The van der Waals surface area contributed by atoms with Gasteiger partial charge in [0.1, 0.15) is 0 Å². The average molecular weight is 434 g/mol. The fourth-order valence-corrected chi connectivity index (χ4v) is 4.13. The third-order valence-electron chi connectivity index (χ3n) is 5.88. The molecule has 166 valence electrons. The van der Waals surface area contributed by atoms with Crippen LogP contribution in [0.4, 0.5) is 0 Å². The van der Waals surface area contributed by atoms with Gasteiger partial charge in [0.15, 0.2) is 0 Å². The number of carbonyl (C=O) groups excluding carboxylic acids is 1. The molecule has 2 aromatic carbocycles. The molecule has 0 radical (unpaired) electrons. The first-order valence-corrected chi connectivity index (χ1v) is 10.9. The predicted octanol–water partition coefficient (Wildman–Crippen LogP) is 2.72. The van der Waals surface area contributed by atoms with Gasteiger partial charge in [-0.05, 0) is 43.5 Å². The van der Waals surface area contributed by atoms with Gasteiger partial charge in [0.25, 0.3) is 5.56 Å². The van der Waals surface area contributed by atoms with Crippen molar-refractivity contribution in [3.8, 4) is 0 Å². The van der Waals surface area contributed by atoms with Crippen LogP contribution in [0.25, 0.3) is 16.5 Å². The molecule has 1 aliphatic heterocycles. The lowest BCUT2D eigenvalue weighted by atomic mass is 9.93. The van der Waals surface area contributed by atoms with E-state index in [1.165, 1.54) is 4.57 Å². The monoisotopic (exact) mass is 433 g/mol. The average Bonchev–Trinajstić information content (AvgIpc) is 2.79. The van der Waals surface area contributed by atoms with Gasteiger partial charge < -0.3 is 9.72 Å². The number of para-hydroxylation sites is 1. The van der Waals surface area contributed by atoms with Crippen LogP contribution in [0.5, 0.6) is 0 Å². The van der Waals surface area contributed by atoms with Crippen LogP contribution in [0.15, 0.2) is 63.7 Å². The lowest BCUT2D eigenvalue weighted by Gasteiger charge is -2.30. The highest BCUT2D eigenvalue weighted by molar-refractivity contribution is 5.98. The maximum atomic E-state index is 12.8. The third kappa shape index (κ3) is 4.43. The zero-order chi connectivity index (χ0) is 22.7. The molecule has 4 rings (SSSR count). The van der Waals surface area contributed by atoms with Gasteiger partial charge >= 0.3 is 11.7 Å². The fraction of sp³-hybridized carbons (Fsp3) is 0.320. The first-order valence-electron chi connectivity index (χ1n) is 10.9. The molecule has 0 amide bonds. The summed E-state index contributed by atoms with van der Waals surface area (Å²) in [5.41, 5.74) is 3.64. The van der Waals surface area contributed by atoms with E-state index in [9.17, 15) is 14.4 Å². The van der Waals surface area contributed by atoms with E-state index in [4.69, 9.17) is 4.74 Å². The number of aromatic amines is 1. The van der Waals surface area contributed by atoms with E-state index in [0.29, 0.717) is 42.6 Å². The van der Waals surface area contributed by atoms with Crippen LogP contribution in [-0.2, 0) is 16.1 Å². The molecular weight excluding hydrogens is 406 g/mol. The zero-order valence-electron chi connectivity index (χ0n) is 18.4. The molecule has 1 N–H and O–H groups in total. The number of H-pyrrole nitrogens is 1. The summed E-state index contributed by atoms with van der Waals surface area (Å²) in [4.78, 5) is 42.8. The highest BCUT2D eigenvalue weighted by atomic mass is 16.5. The largest absolute Gasteiger partial charge is 0.463 e. The summed E-state index contributed by atoms with van der Waals surface area (Å²) in [7, 11) is 0. The van der Waals surface area contributed by atoms with E-state index in [1.807, 2.05) is 31.2 Å². The molecule has 0 bridgehead atoms. The van der Waals surface area contributed by atoms with Crippen molar-refractivity contribution in [3.05, 3.63) is 86.1 Å². The molecule has 0 spiro atoms. The van der Waals surface area contributed by atoms with Crippen molar-refractivity contribution in [2.75, 3.05) is 26.2 Å². The minimum atomic E-state index is -0.424. The highest BCUT2D eigenvalue weighted by Gasteiger charge is 2.26. The molecular formula is C25H27N3O4. The van der Waals surface area contributed by atoms with Gasteiger partial charge in [0.2, 0.25) is 0 Å². The minimum absolute atomic E-state index is 0.245. The lowest BCUT2D eigenvalue weighted by Crippen LogP contribution is -2.41. The van der Waals surface area contributed by atoms with Crippen LogP contribution < -0.4 is 11.2 Å². The molecule has 0 fully saturated rings. The van der Waals surface area contributed by atoms with Crippen molar-refractivity contribution in [1.29, 1.82) is 0 Å². The van der Waals surface area contributed by atoms with Gasteiger partial charge in [-0.2, -0.15) is 0 Å². The summed E-state index contributed by atoms with van der Waals surface area (Å²) in [6, 6.07) is 15.1. The Bertz CT molecular complexity index is 1290. The number of hydrogen-bond donors (Lipinski definition) is 1. The van der Waals surface area contributed by atoms with E-state index in [2.05, 4.69) is 9.88 Å². The Kier molecular flexibility index (Phi) is 6.37. The smallest absolute Gasteiger partial charge is 0.335 e. The van der Waals surface area contributed by atoms with Crippen LogP contribution in [0.3, 0.4) is 0 Å². The molecule has 0 saturated heterocycles. The van der Waals surface area contributed by atoms with Gasteiger partial charge in [-0.15, -0.1) is 0 Å². The van der Waals surface area contributed by atoms with E-state index >= 15 is 0 Å². The molecule has 0 saturated carbocycles. The Morgan fingerprint density at radius 3 is 2.56 bits per heavy atom. The number of rotatable bonds is 6. The second-order valence-corrected chi connectivity index (χ2v) is 8.00. The van der Waals surface area contributed by atoms with Crippen LogP contribution in [0.2, 0.25) is 0 Å². The number of aromatic nitrogens is 2. The molecule has 1 aromatic heterocycles. The van der Waals surface area contributed by atoms with Gasteiger partial charge in [-0.3, -0.25) is 14.3 Å². The number of ether oxygens (including phenoxy) is 1. The maximum Gasteiger partial charge on any atom is 0.335 e. The van der Waals surface area contributed by atoms with Crippen molar-refractivity contribution in [2.45, 2.75) is 26.8 Å². The number of esters is 1. The SMILES string of the molecule is CCOC(=O)C1=C(c2ccc(C)cc2)CCN(CCn2c(=O)[nH]c3ccccc3c2=O)C1. The number of carbonyl (C=O) groups is 1. The van der Waals surface area contributed by atoms with Crippen LogP contribution in [-0.4, -0.2) is 46.7 Å². The van der Waals surface area contributed by atoms with E-state index < -0.39 is 5.69 Å². The summed E-state index contributed by atoms with van der Waals surface area (Å²) in [5.74, 6) is -0.312. The molecule has 0 aliphatic carbocycles. The van der Waals surface area contributed by atoms with Gasteiger partial charge in [-0.25, -0.2) is 9.59 Å². The van der Waals surface area contributed by atoms with Crippen molar-refractivity contribution < 1.29 is 9.53 Å². The fourth-order valence-electron chi connectivity index (χ4n) is 4.13. The molecule has 7 nitrogen and oxygen atoms in total. The van der Waals surface area contributed by atoms with Crippen molar-refractivity contribution >= 4 is 22.4 Å². The number of hydrogen-bond acceptors (Lipinski definition) is 5. The van der Waals surface area contributed by atoms with Crippen LogP contribution >= 0.6 is 0 Å². The van der Waals surface area contributed by atoms with Crippen molar-refractivity contribution in [1.82, 2.24) is 14.5 Å². The number of benzene rings is 2. The van der Waals surface area contributed by atoms with Gasteiger partial charge in [0, 0.05) is 26.2 Å². The number of fused-ring (bicyclic) bond motifs is 1. The number of nitrogens with one attached hydrogen (secondary N) is 1. The van der Waals surface area contributed by atoms with E-state index in [0.717, 1.165) is 23.2 Å². The van der Waals surface area contributed by atoms with Crippen molar-refractivity contribution in [2.24, 2.45) is 0 Å². The molecule has 7 heteroatoms. The Hall–Kier alpha value is -3.45. The summed E-state index contributed by atoms with van der Waals surface area (Å²) in [6.07, 6.45) is 0.695. The second kappa shape index (κ2) is 9.36. The van der Waals surface area contributed by atoms with E-state index in [1.54, 1.807) is 31.2 Å². The first kappa shape index (κ1) is 21.8. The Morgan fingerprint density at radius 2 is 1.81 bits per heavy atom. The summed E-state index contributed by atoms with van der Waals surface area (Å²) in [5, 5.41) is 0.486. The Labute approximate surface area is 185 Å². The van der Waals surface area contributed by atoms with Crippen molar-refractivity contribution in [3.63, 3.8) is 0 Å². The normalized spacial score (nSPS) is 14.7. The quantitative estimate of drug-likeness (QED) is 0.605. The predicted molar refractivity (Wildman–Crippen MR) is 125 cm³/mol. The summed E-state index contributed by atoms with van der Waals surface area (Å²) < 4.78 is 6.55. The van der Waals surface area contributed by atoms with Gasteiger partial charge in [-0.1, -0.05) is 42.0 Å². The van der Waals surface area contributed by atoms with Crippen LogP contribution in [0.1, 0.15) is 24.5 Å². The third-order valence-corrected chi connectivity index (χ3v) is 5.88. The molecule has 0 unspecified atom stereocenters. The molecule has 32 heavy (non-hydrogen) atoms. The number of aryl methyl sites for hydroxylation is 1.